The topological polar surface area (TPSA) is 49.8 Å². The second-order valence-electron chi connectivity index (χ2n) is 6.71. The fourth-order valence-electron chi connectivity index (χ4n) is 3.03. The zero-order valence-corrected chi connectivity index (χ0v) is 11.7. The molecule has 0 radical (unpaired) electrons. The Morgan fingerprint density at radius 2 is 1.61 bits per heavy atom. The summed E-state index contributed by atoms with van der Waals surface area (Å²) in [5.41, 5.74) is -0.419. The van der Waals surface area contributed by atoms with Crippen LogP contribution in [0.1, 0.15) is 46.5 Å². The lowest BCUT2D eigenvalue weighted by Gasteiger charge is -2.24. The minimum atomic E-state index is -0.419. The maximum Gasteiger partial charge on any atom is 0.410 e. The van der Waals surface area contributed by atoms with Crippen LogP contribution in [0, 0.1) is 11.8 Å². The van der Waals surface area contributed by atoms with Crippen molar-refractivity contribution in [3.8, 4) is 0 Å². The maximum atomic E-state index is 12.0. The lowest BCUT2D eigenvalue weighted by Crippen LogP contribution is -2.35. The van der Waals surface area contributed by atoms with Crippen LogP contribution in [0.2, 0.25) is 0 Å². The number of amides is 1. The van der Waals surface area contributed by atoms with Gasteiger partial charge in [-0.05, 0) is 58.3 Å². The molecule has 0 aromatic carbocycles. The molecule has 0 aromatic heterocycles. The molecule has 4 nitrogen and oxygen atoms in total. The van der Waals surface area contributed by atoms with Crippen molar-refractivity contribution in [3.63, 3.8) is 0 Å². The van der Waals surface area contributed by atoms with Crippen LogP contribution < -0.4 is 0 Å². The third kappa shape index (κ3) is 3.37. The van der Waals surface area contributed by atoms with Crippen LogP contribution in [0.4, 0.5) is 4.79 Å². The summed E-state index contributed by atoms with van der Waals surface area (Å²) in [6.07, 6.45) is 3.50. The number of carbonyl (C=O) groups is 1. The first-order valence-corrected chi connectivity index (χ1v) is 7.01. The number of nitrogens with zero attached hydrogens (tertiary/aromatic N) is 1. The van der Waals surface area contributed by atoms with E-state index in [1.165, 1.54) is 0 Å². The largest absolute Gasteiger partial charge is 0.444 e. The molecule has 2 fully saturated rings. The summed E-state index contributed by atoms with van der Waals surface area (Å²) in [6.45, 7) is 7.29. The highest BCUT2D eigenvalue weighted by atomic mass is 16.6. The van der Waals surface area contributed by atoms with E-state index in [2.05, 4.69) is 0 Å². The highest BCUT2D eigenvalue weighted by Crippen LogP contribution is 2.35. The number of ether oxygens (including phenoxy) is 1. The van der Waals surface area contributed by atoms with Crippen LogP contribution >= 0.6 is 0 Å². The quantitative estimate of drug-likeness (QED) is 0.723. The average molecular weight is 255 g/mol. The van der Waals surface area contributed by atoms with Crippen molar-refractivity contribution in [1.29, 1.82) is 0 Å². The molecule has 2 atom stereocenters. The van der Waals surface area contributed by atoms with Crippen LogP contribution in [0.25, 0.3) is 0 Å². The summed E-state index contributed by atoms with van der Waals surface area (Å²) < 4.78 is 5.42. The number of aliphatic hydroxyl groups excluding tert-OH is 1. The number of rotatable bonds is 0. The van der Waals surface area contributed by atoms with Crippen molar-refractivity contribution >= 4 is 6.09 Å². The van der Waals surface area contributed by atoms with Crippen molar-refractivity contribution in [2.24, 2.45) is 11.8 Å². The molecular formula is C14H25NO3. The predicted molar refractivity (Wildman–Crippen MR) is 69.3 cm³/mol. The molecule has 1 saturated heterocycles. The number of likely N-dealkylation sites (tertiary alicyclic amines) is 1. The molecule has 1 aliphatic carbocycles. The van der Waals surface area contributed by atoms with Crippen LogP contribution in [0.5, 0.6) is 0 Å². The van der Waals surface area contributed by atoms with Gasteiger partial charge in [0, 0.05) is 13.1 Å². The van der Waals surface area contributed by atoms with E-state index in [0.717, 1.165) is 38.8 Å². The summed E-state index contributed by atoms with van der Waals surface area (Å²) in [5, 5.41) is 9.67. The van der Waals surface area contributed by atoms with Crippen LogP contribution in [-0.4, -0.2) is 40.9 Å². The van der Waals surface area contributed by atoms with E-state index in [1.54, 1.807) is 0 Å². The minimum Gasteiger partial charge on any atom is -0.444 e. The fourth-order valence-corrected chi connectivity index (χ4v) is 3.03. The highest BCUT2D eigenvalue weighted by molar-refractivity contribution is 5.68. The second-order valence-corrected chi connectivity index (χ2v) is 6.71. The summed E-state index contributed by atoms with van der Waals surface area (Å²) >= 11 is 0. The van der Waals surface area contributed by atoms with E-state index < -0.39 is 5.60 Å². The summed E-state index contributed by atoms with van der Waals surface area (Å²) in [7, 11) is 0. The first-order chi connectivity index (χ1) is 8.35. The Kier molecular flexibility index (Phi) is 3.85. The summed E-state index contributed by atoms with van der Waals surface area (Å²) in [6, 6.07) is 0. The monoisotopic (exact) mass is 255 g/mol. The van der Waals surface area contributed by atoms with Gasteiger partial charge in [-0.3, -0.25) is 0 Å². The molecule has 1 aliphatic heterocycles. The predicted octanol–water partition coefficient (Wildman–Crippen LogP) is 2.40. The van der Waals surface area contributed by atoms with Gasteiger partial charge in [0.15, 0.2) is 0 Å². The molecule has 2 aliphatic rings. The first-order valence-electron chi connectivity index (χ1n) is 7.01. The number of carbonyl (C=O) groups excluding carboxylic acids is 1. The molecule has 0 spiro atoms. The van der Waals surface area contributed by atoms with E-state index in [-0.39, 0.29) is 12.2 Å². The van der Waals surface area contributed by atoms with Crippen LogP contribution in [-0.2, 0) is 4.74 Å². The number of fused-ring (bicyclic) bond motifs is 1. The smallest absolute Gasteiger partial charge is 0.410 e. The molecular weight excluding hydrogens is 230 g/mol. The second kappa shape index (κ2) is 5.08. The molecule has 0 aromatic rings. The lowest BCUT2D eigenvalue weighted by molar-refractivity contribution is 0.0280. The van der Waals surface area contributed by atoms with Gasteiger partial charge in [0.25, 0.3) is 0 Å². The van der Waals surface area contributed by atoms with E-state index in [0.29, 0.717) is 11.8 Å². The third-order valence-corrected chi connectivity index (χ3v) is 3.97. The van der Waals surface area contributed by atoms with Crippen molar-refractivity contribution in [2.45, 2.75) is 58.2 Å². The zero-order chi connectivity index (χ0) is 13.3. The van der Waals surface area contributed by atoms with Gasteiger partial charge in [-0.1, -0.05) is 0 Å². The van der Waals surface area contributed by atoms with Crippen LogP contribution in [0.15, 0.2) is 0 Å². The molecule has 0 bridgehead atoms. The van der Waals surface area contributed by atoms with Gasteiger partial charge in [0.05, 0.1) is 6.10 Å². The van der Waals surface area contributed by atoms with Crippen molar-refractivity contribution < 1.29 is 14.6 Å². The van der Waals surface area contributed by atoms with E-state index in [1.807, 2.05) is 25.7 Å². The molecule has 18 heavy (non-hydrogen) atoms. The van der Waals surface area contributed by atoms with Gasteiger partial charge in [-0.15, -0.1) is 0 Å². The van der Waals surface area contributed by atoms with Gasteiger partial charge < -0.3 is 14.7 Å². The SMILES string of the molecule is CC(C)(C)OC(=O)N1CC2CCC(O)CCC2C1. The molecule has 1 amide bonds. The van der Waals surface area contributed by atoms with Gasteiger partial charge in [-0.2, -0.15) is 0 Å². The maximum absolute atomic E-state index is 12.0. The van der Waals surface area contributed by atoms with Crippen LogP contribution in [0.3, 0.4) is 0 Å². The number of aliphatic hydroxyl groups is 1. The Hall–Kier alpha value is -0.770. The molecule has 1 N–H and O–H groups in total. The van der Waals surface area contributed by atoms with E-state index in [9.17, 15) is 9.90 Å². The zero-order valence-electron chi connectivity index (χ0n) is 11.7. The molecule has 104 valence electrons. The summed E-state index contributed by atoms with van der Waals surface area (Å²) in [4.78, 5) is 13.9. The molecule has 1 saturated carbocycles. The minimum absolute atomic E-state index is 0.134. The average Bonchev–Trinajstić information content (AvgIpc) is 2.57. The fraction of sp³-hybridized carbons (Fsp3) is 0.929. The van der Waals surface area contributed by atoms with E-state index in [4.69, 9.17) is 4.74 Å². The third-order valence-electron chi connectivity index (χ3n) is 3.97. The van der Waals surface area contributed by atoms with Crippen molar-refractivity contribution in [3.05, 3.63) is 0 Å². The standard InChI is InChI=1S/C14H25NO3/c1-14(2,3)18-13(17)15-8-10-4-6-12(16)7-5-11(10)9-15/h10-12,16H,4-9H2,1-3H3. The van der Waals surface area contributed by atoms with Gasteiger partial charge in [-0.25, -0.2) is 4.79 Å². The first kappa shape index (κ1) is 13.7. The Labute approximate surface area is 109 Å². The van der Waals surface area contributed by atoms with Crippen molar-refractivity contribution in [1.82, 2.24) is 4.90 Å². The Balaban J connectivity index is 1.90. The molecule has 4 heteroatoms. The van der Waals surface area contributed by atoms with Gasteiger partial charge >= 0.3 is 6.09 Å². The van der Waals surface area contributed by atoms with Crippen molar-refractivity contribution in [2.75, 3.05) is 13.1 Å². The van der Waals surface area contributed by atoms with E-state index >= 15 is 0 Å². The lowest BCUT2D eigenvalue weighted by atomic mass is 9.92. The Morgan fingerprint density at radius 1 is 1.11 bits per heavy atom. The Morgan fingerprint density at radius 3 is 2.06 bits per heavy atom. The number of hydrogen-bond donors (Lipinski definition) is 1. The summed E-state index contributed by atoms with van der Waals surface area (Å²) in [5.74, 6) is 1.10. The molecule has 1 heterocycles. The Bertz CT molecular complexity index is 295. The van der Waals surface area contributed by atoms with Gasteiger partial charge in [0.1, 0.15) is 5.60 Å². The normalized spacial score (nSPS) is 32.9. The molecule has 2 unspecified atom stereocenters. The highest BCUT2D eigenvalue weighted by Gasteiger charge is 2.38. The molecule has 2 rings (SSSR count). The number of hydrogen-bond acceptors (Lipinski definition) is 3. The van der Waals surface area contributed by atoms with Gasteiger partial charge in [0.2, 0.25) is 0 Å².